The van der Waals surface area contributed by atoms with Gasteiger partial charge in [-0.25, -0.2) is 8.78 Å². The molecule has 2 atom stereocenters. The van der Waals surface area contributed by atoms with Gasteiger partial charge < -0.3 is 10.8 Å². The van der Waals surface area contributed by atoms with Gasteiger partial charge in [-0.15, -0.1) is 0 Å². The van der Waals surface area contributed by atoms with Gasteiger partial charge in [0.2, 0.25) is 0 Å². The highest BCUT2D eigenvalue weighted by molar-refractivity contribution is 4.82. The van der Waals surface area contributed by atoms with E-state index in [4.69, 9.17) is 10.8 Å². The predicted molar refractivity (Wildman–Crippen MR) is 52.3 cm³/mol. The van der Waals surface area contributed by atoms with E-state index in [0.717, 1.165) is 0 Å². The Balaban J connectivity index is 4.24. The molecule has 0 rings (SSSR count). The average Bonchev–Trinajstić information content (AvgIpc) is 2.03. The number of aliphatic hydroxyl groups is 1. The topological polar surface area (TPSA) is 49.5 Å². The van der Waals surface area contributed by atoms with Crippen LogP contribution in [-0.4, -0.2) is 48.7 Å². The van der Waals surface area contributed by atoms with Crippen LogP contribution in [0.2, 0.25) is 0 Å². The van der Waals surface area contributed by atoms with Crippen LogP contribution in [0.3, 0.4) is 0 Å². The third-order valence-corrected chi connectivity index (χ3v) is 2.39. The number of rotatable bonds is 6. The largest absolute Gasteiger partial charge is 0.395 e. The zero-order chi connectivity index (χ0) is 11.3. The van der Waals surface area contributed by atoms with Crippen LogP contribution in [0.25, 0.3) is 0 Å². The first-order valence-corrected chi connectivity index (χ1v) is 4.75. The molecule has 3 N–H and O–H groups in total. The first-order valence-electron chi connectivity index (χ1n) is 4.75. The molecule has 0 aliphatic rings. The minimum atomic E-state index is -2.39. The van der Waals surface area contributed by atoms with Crippen molar-refractivity contribution in [3.05, 3.63) is 0 Å². The second-order valence-electron chi connectivity index (χ2n) is 3.90. The number of hydrogen-bond acceptors (Lipinski definition) is 3. The molecule has 0 aromatic carbocycles. The fraction of sp³-hybridized carbons (Fsp3) is 1.00. The first kappa shape index (κ1) is 13.7. The monoisotopic (exact) mass is 210 g/mol. The highest BCUT2D eigenvalue weighted by atomic mass is 19.3. The van der Waals surface area contributed by atoms with Crippen molar-refractivity contribution in [2.24, 2.45) is 11.7 Å². The van der Waals surface area contributed by atoms with Crippen LogP contribution in [0.15, 0.2) is 0 Å². The molecule has 3 nitrogen and oxygen atoms in total. The van der Waals surface area contributed by atoms with Crippen LogP contribution in [0.1, 0.15) is 13.8 Å². The molecule has 0 radical (unpaired) electrons. The van der Waals surface area contributed by atoms with Gasteiger partial charge in [0.1, 0.15) is 0 Å². The summed E-state index contributed by atoms with van der Waals surface area (Å²) in [6.07, 6.45) is -2.39. The van der Waals surface area contributed by atoms with Crippen LogP contribution in [0, 0.1) is 5.92 Å². The molecule has 0 saturated heterocycles. The fourth-order valence-corrected chi connectivity index (χ4v) is 1.35. The minimum absolute atomic E-state index is 0.160. The van der Waals surface area contributed by atoms with E-state index in [-0.39, 0.29) is 25.1 Å². The van der Waals surface area contributed by atoms with Gasteiger partial charge in [-0.05, 0) is 13.0 Å². The molecule has 86 valence electrons. The third kappa shape index (κ3) is 4.30. The van der Waals surface area contributed by atoms with Crippen LogP contribution in [0.4, 0.5) is 8.78 Å². The Labute approximate surface area is 83.9 Å². The molecule has 0 aliphatic carbocycles. The number of nitrogens with two attached hydrogens (primary N) is 1. The van der Waals surface area contributed by atoms with Crippen LogP contribution in [0.5, 0.6) is 0 Å². The summed E-state index contributed by atoms with van der Waals surface area (Å²) in [5, 5.41) is 9.06. The highest BCUT2D eigenvalue weighted by Crippen LogP contribution is 2.10. The Morgan fingerprint density at radius 2 is 1.86 bits per heavy atom. The maximum atomic E-state index is 12.1. The van der Waals surface area contributed by atoms with Gasteiger partial charge in [-0.1, -0.05) is 13.8 Å². The first-order chi connectivity index (χ1) is 6.40. The van der Waals surface area contributed by atoms with Crippen LogP contribution in [-0.2, 0) is 0 Å². The van der Waals surface area contributed by atoms with Gasteiger partial charge in [0.15, 0.2) is 0 Å². The molecular formula is C9H20F2N2O. The molecule has 0 aromatic rings. The second-order valence-corrected chi connectivity index (χ2v) is 3.90. The predicted octanol–water partition coefficient (Wildman–Crippen LogP) is 0.528. The average molecular weight is 210 g/mol. The standard InChI is InChI=1S/C9H20F2N2O/c1-6(2)9(12)7(5-14)13(3)4-8(10)11/h6-9,14H,4-5,12H2,1-3H3. The zero-order valence-corrected chi connectivity index (χ0v) is 8.95. The Hall–Kier alpha value is -0.260. The van der Waals surface area contributed by atoms with Crippen LogP contribution >= 0.6 is 0 Å². The van der Waals surface area contributed by atoms with Crippen molar-refractivity contribution in [1.29, 1.82) is 0 Å². The van der Waals surface area contributed by atoms with E-state index in [0.29, 0.717) is 0 Å². The van der Waals surface area contributed by atoms with E-state index in [1.165, 1.54) is 4.90 Å². The summed E-state index contributed by atoms with van der Waals surface area (Å²) in [4.78, 5) is 1.41. The zero-order valence-electron chi connectivity index (χ0n) is 8.95. The van der Waals surface area contributed by atoms with Gasteiger partial charge in [-0.3, -0.25) is 4.90 Å². The third-order valence-electron chi connectivity index (χ3n) is 2.39. The van der Waals surface area contributed by atoms with Crippen molar-refractivity contribution in [3.8, 4) is 0 Å². The lowest BCUT2D eigenvalue weighted by molar-refractivity contribution is 0.0475. The molecule has 14 heavy (non-hydrogen) atoms. The van der Waals surface area contributed by atoms with Gasteiger partial charge >= 0.3 is 0 Å². The maximum Gasteiger partial charge on any atom is 0.251 e. The summed E-state index contributed by atoms with van der Waals surface area (Å²) >= 11 is 0. The van der Waals surface area contributed by atoms with E-state index in [1.54, 1.807) is 7.05 Å². The highest BCUT2D eigenvalue weighted by Gasteiger charge is 2.25. The van der Waals surface area contributed by atoms with E-state index in [1.807, 2.05) is 13.8 Å². The molecule has 0 fully saturated rings. The van der Waals surface area contributed by atoms with Crippen LogP contribution < -0.4 is 5.73 Å². The van der Waals surface area contributed by atoms with E-state index in [2.05, 4.69) is 0 Å². The molecule has 0 heterocycles. The Kier molecular flexibility index (Phi) is 6.15. The minimum Gasteiger partial charge on any atom is -0.395 e. The molecule has 0 bridgehead atoms. The molecule has 5 heteroatoms. The second kappa shape index (κ2) is 6.27. The molecule has 0 aromatic heterocycles. The van der Waals surface area contributed by atoms with Gasteiger partial charge in [0, 0.05) is 12.1 Å². The van der Waals surface area contributed by atoms with Gasteiger partial charge in [0.05, 0.1) is 13.2 Å². The van der Waals surface area contributed by atoms with Crippen molar-refractivity contribution < 1.29 is 13.9 Å². The molecule has 2 unspecified atom stereocenters. The quantitative estimate of drug-likeness (QED) is 0.672. The van der Waals surface area contributed by atoms with Crippen molar-refractivity contribution in [2.75, 3.05) is 20.2 Å². The summed E-state index contributed by atoms with van der Waals surface area (Å²) in [6.45, 7) is 3.27. The van der Waals surface area contributed by atoms with E-state index >= 15 is 0 Å². The number of halogens is 2. The summed E-state index contributed by atoms with van der Waals surface area (Å²) in [7, 11) is 1.55. The Morgan fingerprint density at radius 3 is 2.14 bits per heavy atom. The Bertz CT molecular complexity index is 156. The molecule has 0 aliphatic heterocycles. The van der Waals surface area contributed by atoms with Crippen molar-refractivity contribution in [3.63, 3.8) is 0 Å². The number of nitrogens with zero attached hydrogens (tertiary/aromatic N) is 1. The summed E-state index contributed by atoms with van der Waals surface area (Å²) < 4.78 is 24.2. The van der Waals surface area contributed by atoms with Crippen molar-refractivity contribution >= 4 is 0 Å². The SMILES string of the molecule is CC(C)C(N)C(CO)N(C)CC(F)F. The summed E-state index contributed by atoms with van der Waals surface area (Å²) in [5.74, 6) is 0.160. The Morgan fingerprint density at radius 1 is 1.36 bits per heavy atom. The lowest BCUT2D eigenvalue weighted by Crippen LogP contribution is -2.52. The summed E-state index contributed by atoms with van der Waals surface area (Å²) in [5.41, 5.74) is 5.80. The number of aliphatic hydroxyl groups excluding tert-OH is 1. The van der Waals surface area contributed by atoms with E-state index in [9.17, 15) is 8.78 Å². The summed E-state index contributed by atoms with van der Waals surface area (Å²) in [6, 6.07) is -0.687. The number of alkyl halides is 2. The smallest absolute Gasteiger partial charge is 0.251 e. The lowest BCUT2D eigenvalue weighted by atomic mass is 9.97. The van der Waals surface area contributed by atoms with Crippen molar-refractivity contribution in [2.45, 2.75) is 32.4 Å². The molecule has 0 amide bonds. The normalized spacial score (nSPS) is 16.7. The molecule has 0 spiro atoms. The molecule has 0 saturated carbocycles. The van der Waals surface area contributed by atoms with Gasteiger partial charge in [-0.2, -0.15) is 0 Å². The number of hydrogen-bond donors (Lipinski definition) is 2. The maximum absolute atomic E-state index is 12.1. The lowest BCUT2D eigenvalue weighted by Gasteiger charge is -2.33. The van der Waals surface area contributed by atoms with Gasteiger partial charge in [0.25, 0.3) is 6.43 Å². The number of likely N-dealkylation sites (N-methyl/N-ethyl adjacent to an activating group) is 1. The molecular weight excluding hydrogens is 190 g/mol. The van der Waals surface area contributed by atoms with Crippen molar-refractivity contribution in [1.82, 2.24) is 4.90 Å². The fourth-order valence-electron chi connectivity index (χ4n) is 1.35. The van der Waals surface area contributed by atoms with E-state index < -0.39 is 12.5 Å².